The van der Waals surface area contributed by atoms with Crippen LogP contribution < -0.4 is 0 Å². The van der Waals surface area contributed by atoms with Crippen molar-refractivity contribution in [1.82, 2.24) is 0 Å². The fourth-order valence-corrected chi connectivity index (χ4v) is 0.354. The van der Waals surface area contributed by atoms with Crippen LogP contribution in [0.3, 0.4) is 0 Å². The van der Waals surface area contributed by atoms with Crippen LogP contribution in [-0.2, 0) is 4.84 Å². The molecule has 0 spiro atoms. The van der Waals surface area contributed by atoms with E-state index in [1.165, 1.54) is 11.9 Å². The summed E-state index contributed by atoms with van der Waals surface area (Å²) in [5.41, 5.74) is 0. The summed E-state index contributed by atoms with van der Waals surface area (Å²) in [7, 11) is 0. The zero-order chi connectivity index (χ0) is 3.54. The van der Waals surface area contributed by atoms with E-state index in [2.05, 4.69) is 14.6 Å². The first-order chi connectivity index (χ1) is 2.50. The molecule has 0 N–H and O–H groups in total. The minimum Gasteiger partial charge on any atom is -0.366 e. The van der Waals surface area contributed by atoms with Crippen molar-refractivity contribution >= 4 is 11.9 Å². The van der Waals surface area contributed by atoms with E-state index in [4.69, 9.17) is 0 Å². The summed E-state index contributed by atoms with van der Waals surface area (Å²) >= 11 is 1.31. The Kier molecular flexibility index (Phi) is 0.744. The first-order valence-electron chi connectivity index (χ1n) is 1.14. The van der Waals surface area contributed by atoms with Crippen molar-refractivity contribution in [3.05, 3.63) is 0 Å². The Morgan fingerprint density at radius 3 is 3.00 bits per heavy atom. The molecule has 1 aliphatic heterocycles. The van der Waals surface area contributed by atoms with Gasteiger partial charge in [0.15, 0.2) is 5.94 Å². The third kappa shape index (κ3) is 0.509. The van der Waals surface area contributed by atoms with Gasteiger partial charge in [0, 0.05) is 17.2 Å². The van der Waals surface area contributed by atoms with Crippen LogP contribution in [0.4, 0.5) is 0 Å². The molecule has 0 saturated heterocycles. The second kappa shape index (κ2) is 1.26. The summed E-state index contributed by atoms with van der Waals surface area (Å²) in [6, 6.07) is 0. The van der Waals surface area contributed by atoms with Crippen molar-refractivity contribution in [2.45, 2.75) is 0 Å². The lowest BCUT2D eigenvalue weighted by atomic mass is 11.7. The third-order valence-corrected chi connectivity index (χ3v) is 0.647. The van der Waals surface area contributed by atoms with E-state index in [9.17, 15) is 0 Å². The molecule has 0 radical (unpaired) electrons. The second-order valence-electron chi connectivity index (χ2n) is 0.539. The number of hydrogen-bond acceptors (Lipinski definition) is 4. The molecule has 0 aromatic heterocycles. The fraction of sp³-hybridized carbons (Fsp3) is 1.00. The highest BCUT2D eigenvalue weighted by Crippen LogP contribution is 2.09. The van der Waals surface area contributed by atoms with Gasteiger partial charge >= 0.3 is 0 Å². The SMILES string of the molecule is C1ON=NS1. The van der Waals surface area contributed by atoms with Crippen molar-refractivity contribution in [3.63, 3.8) is 0 Å². The molecule has 0 amide bonds. The summed E-state index contributed by atoms with van der Waals surface area (Å²) in [4.78, 5) is 4.37. The summed E-state index contributed by atoms with van der Waals surface area (Å²) < 4.78 is 3.40. The zero-order valence-corrected chi connectivity index (χ0v) is 3.23. The number of rotatable bonds is 0. The number of hydrogen-bond donors (Lipinski definition) is 0. The highest BCUT2D eigenvalue weighted by atomic mass is 32.2. The predicted octanol–water partition coefficient (Wildman–Crippen LogP) is 0.990. The molecule has 0 aromatic carbocycles. The molecule has 4 heteroatoms. The average Bonchev–Trinajstić information content (AvgIpc) is 1.76. The lowest BCUT2D eigenvalue weighted by Crippen LogP contribution is -1.63. The Hall–Kier alpha value is -0.250. The molecule has 0 saturated carbocycles. The van der Waals surface area contributed by atoms with Crippen LogP contribution in [0.25, 0.3) is 0 Å². The van der Waals surface area contributed by atoms with Gasteiger partial charge in [-0.2, -0.15) is 0 Å². The molecule has 0 fully saturated rings. The summed E-state index contributed by atoms with van der Waals surface area (Å²) in [6.07, 6.45) is 0. The zero-order valence-electron chi connectivity index (χ0n) is 2.42. The quantitative estimate of drug-likeness (QED) is 0.415. The third-order valence-electron chi connectivity index (χ3n) is 0.254. The van der Waals surface area contributed by atoms with Gasteiger partial charge in [-0.3, -0.25) is 0 Å². The maximum atomic E-state index is 4.37. The first-order valence-corrected chi connectivity index (χ1v) is 2.08. The predicted molar refractivity (Wildman–Crippen MR) is 18.4 cm³/mol. The Bertz CT molecular complexity index is 47.6. The van der Waals surface area contributed by atoms with E-state index < -0.39 is 0 Å². The molecule has 0 atom stereocenters. The Labute approximate surface area is 33.5 Å². The van der Waals surface area contributed by atoms with Gasteiger partial charge in [0.2, 0.25) is 0 Å². The largest absolute Gasteiger partial charge is 0.366 e. The summed E-state index contributed by atoms with van der Waals surface area (Å²) in [5.74, 6) is 0.583. The molecule has 0 aliphatic carbocycles. The van der Waals surface area contributed by atoms with Gasteiger partial charge in [-0.05, 0) is 0 Å². The van der Waals surface area contributed by atoms with Crippen molar-refractivity contribution in [1.29, 1.82) is 0 Å². The van der Waals surface area contributed by atoms with E-state index in [1.807, 2.05) is 0 Å². The standard InChI is InChI=1S/CH2N2OS/c1-4-2-3-5-1/h1H2. The molecule has 1 aliphatic rings. The van der Waals surface area contributed by atoms with Crippen LogP contribution in [0, 0.1) is 0 Å². The number of nitrogens with zero attached hydrogens (tertiary/aromatic N) is 2. The maximum absolute atomic E-state index is 4.37. The molecule has 1 heterocycles. The van der Waals surface area contributed by atoms with E-state index in [-0.39, 0.29) is 0 Å². The second-order valence-corrected chi connectivity index (χ2v) is 1.20. The molecular weight excluding hydrogens is 88.1 g/mol. The highest BCUT2D eigenvalue weighted by molar-refractivity contribution is 7.97. The molecule has 3 nitrogen and oxygen atoms in total. The van der Waals surface area contributed by atoms with Crippen LogP contribution in [0.15, 0.2) is 9.80 Å². The van der Waals surface area contributed by atoms with Crippen molar-refractivity contribution in [2.75, 3.05) is 5.94 Å². The molecule has 0 bridgehead atoms. The Morgan fingerprint density at radius 2 is 2.80 bits per heavy atom. The topological polar surface area (TPSA) is 34.0 Å². The minimum atomic E-state index is 0.583. The fourth-order valence-electron chi connectivity index (χ4n) is 0.118. The van der Waals surface area contributed by atoms with Gasteiger partial charge in [0.25, 0.3) is 0 Å². The van der Waals surface area contributed by atoms with Gasteiger partial charge in [-0.15, -0.1) is 0 Å². The van der Waals surface area contributed by atoms with Gasteiger partial charge in [-0.25, -0.2) is 0 Å². The van der Waals surface area contributed by atoms with E-state index in [0.29, 0.717) is 5.94 Å². The van der Waals surface area contributed by atoms with E-state index in [0.717, 1.165) is 0 Å². The monoisotopic (exact) mass is 90.0 g/mol. The minimum absolute atomic E-state index is 0.583. The molecular formula is CH2N2OS. The normalized spacial score (nSPS) is 19.2. The van der Waals surface area contributed by atoms with Crippen LogP contribution >= 0.6 is 11.9 Å². The lowest BCUT2D eigenvalue weighted by Gasteiger charge is -1.70. The molecule has 0 unspecified atom stereocenters. The Morgan fingerprint density at radius 1 is 1.80 bits per heavy atom. The summed E-state index contributed by atoms with van der Waals surface area (Å²) in [5, 5.41) is 3.17. The highest BCUT2D eigenvalue weighted by Gasteiger charge is 1.88. The van der Waals surface area contributed by atoms with Crippen molar-refractivity contribution in [2.24, 2.45) is 9.80 Å². The van der Waals surface area contributed by atoms with E-state index in [1.54, 1.807) is 0 Å². The first kappa shape index (κ1) is 2.96. The van der Waals surface area contributed by atoms with Crippen molar-refractivity contribution in [3.8, 4) is 0 Å². The molecule has 28 valence electrons. The maximum Gasteiger partial charge on any atom is 0.187 e. The molecule has 0 aromatic rings. The smallest absolute Gasteiger partial charge is 0.187 e. The van der Waals surface area contributed by atoms with Gasteiger partial charge in [0.05, 0.1) is 0 Å². The van der Waals surface area contributed by atoms with Crippen LogP contribution in [-0.4, -0.2) is 5.94 Å². The van der Waals surface area contributed by atoms with Crippen LogP contribution in [0.1, 0.15) is 0 Å². The van der Waals surface area contributed by atoms with Crippen LogP contribution in [0.2, 0.25) is 0 Å². The van der Waals surface area contributed by atoms with E-state index >= 15 is 0 Å². The average molecular weight is 90.1 g/mol. The van der Waals surface area contributed by atoms with Crippen molar-refractivity contribution < 1.29 is 4.84 Å². The summed E-state index contributed by atoms with van der Waals surface area (Å²) in [6.45, 7) is 0. The van der Waals surface area contributed by atoms with Gasteiger partial charge in [0.1, 0.15) is 0 Å². The lowest BCUT2D eigenvalue weighted by molar-refractivity contribution is 0.190. The van der Waals surface area contributed by atoms with Crippen LogP contribution in [0.5, 0.6) is 0 Å². The van der Waals surface area contributed by atoms with Gasteiger partial charge < -0.3 is 4.84 Å². The Balaban J connectivity index is 2.32. The van der Waals surface area contributed by atoms with Gasteiger partial charge in [-0.1, -0.05) is 4.52 Å². The molecule has 1 rings (SSSR count). The molecule has 5 heavy (non-hydrogen) atoms.